The molecule has 3 rings (SSSR count). The Morgan fingerprint density at radius 2 is 1.39 bits per heavy atom. The summed E-state index contributed by atoms with van der Waals surface area (Å²) in [6.07, 6.45) is 6.49. The van der Waals surface area contributed by atoms with Crippen LogP contribution in [0, 0.1) is 5.82 Å². The minimum Gasteiger partial charge on any atom is -0.352 e. The van der Waals surface area contributed by atoms with Crippen molar-refractivity contribution < 1.29 is 9.18 Å². The first kappa shape index (κ1) is 24.4. The van der Waals surface area contributed by atoms with E-state index in [1.165, 1.54) is 30.4 Å². The lowest BCUT2D eigenvalue weighted by Crippen LogP contribution is -2.24. The average molecular weight is 444 g/mol. The molecule has 0 saturated carbocycles. The molecule has 1 amide bonds. The van der Waals surface area contributed by atoms with Crippen LogP contribution in [0.25, 0.3) is 22.3 Å². The third kappa shape index (κ3) is 7.15. The molecule has 3 aromatic rings. The van der Waals surface area contributed by atoms with Gasteiger partial charge in [-0.15, -0.1) is 0 Å². The second-order valence-electron chi connectivity index (χ2n) is 8.69. The molecule has 0 unspecified atom stereocenters. The van der Waals surface area contributed by atoms with Crippen molar-refractivity contribution in [1.29, 1.82) is 0 Å². The van der Waals surface area contributed by atoms with Crippen LogP contribution in [0.15, 0.2) is 78.9 Å². The fourth-order valence-corrected chi connectivity index (χ4v) is 3.87. The molecule has 0 aromatic heterocycles. The van der Waals surface area contributed by atoms with Crippen LogP contribution in [0.4, 0.5) is 4.39 Å². The first-order chi connectivity index (χ1) is 16.0. The summed E-state index contributed by atoms with van der Waals surface area (Å²) >= 11 is 0. The summed E-state index contributed by atoms with van der Waals surface area (Å²) in [6, 6.07) is 21.9. The Labute approximate surface area is 197 Å². The Kier molecular flexibility index (Phi) is 9.00. The Hall–Kier alpha value is -3.20. The number of amides is 1. The lowest BCUT2D eigenvalue weighted by molar-refractivity contribution is -0.117. The van der Waals surface area contributed by atoms with E-state index >= 15 is 0 Å². The third-order valence-electron chi connectivity index (χ3n) is 5.91. The van der Waals surface area contributed by atoms with Gasteiger partial charge in [-0.2, -0.15) is 0 Å². The molecular formula is C30H34FNO. The van der Waals surface area contributed by atoms with E-state index in [0.717, 1.165) is 36.0 Å². The second kappa shape index (κ2) is 12.2. The fourth-order valence-electron chi connectivity index (χ4n) is 3.87. The molecule has 0 saturated heterocycles. The lowest BCUT2D eigenvalue weighted by atomic mass is 9.97. The van der Waals surface area contributed by atoms with Crippen LogP contribution in [0.5, 0.6) is 0 Å². The van der Waals surface area contributed by atoms with Crippen molar-refractivity contribution in [3.8, 4) is 22.3 Å². The molecular weight excluding hydrogens is 409 g/mol. The van der Waals surface area contributed by atoms with Crippen molar-refractivity contribution in [2.24, 2.45) is 0 Å². The molecule has 3 aromatic carbocycles. The van der Waals surface area contributed by atoms with Crippen molar-refractivity contribution in [3.05, 3.63) is 95.8 Å². The van der Waals surface area contributed by atoms with E-state index in [-0.39, 0.29) is 11.7 Å². The van der Waals surface area contributed by atoms with Gasteiger partial charge in [0.25, 0.3) is 0 Å². The zero-order chi connectivity index (χ0) is 23.6. The second-order valence-corrected chi connectivity index (χ2v) is 8.69. The van der Waals surface area contributed by atoms with Crippen LogP contribution in [0.2, 0.25) is 0 Å². The first-order valence-electron chi connectivity index (χ1n) is 11.9. The number of halogens is 1. The lowest BCUT2D eigenvalue weighted by Gasteiger charge is -2.09. The van der Waals surface area contributed by atoms with Gasteiger partial charge in [0.1, 0.15) is 5.82 Å². The number of nitrogens with one attached hydrogen (secondary N) is 1. The van der Waals surface area contributed by atoms with Gasteiger partial charge in [-0.25, -0.2) is 4.39 Å². The largest absolute Gasteiger partial charge is 0.352 e. The number of benzene rings is 3. The van der Waals surface area contributed by atoms with Crippen LogP contribution in [-0.2, 0) is 17.6 Å². The van der Waals surface area contributed by atoms with Crippen LogP contribution >= 0.6 is 0 Å². The Morgan fingerprint density at radius 3 is 1.97 bits per heavy atom. The molecule has 0 heterocycles. The van der Waals surface area contributed by atoms with Gasteiger partial charge in [-0.3, -0.25) is 4.79 Å². The summed E-state index contributed by atoms with van der Waals surface area (Å²) in [6.45, 7) is 8.16. The van der Waals surface area contributed by atoms with Crippen molar-refractivity contribution in [2.45, 2.75) is 52.4 Å². The average Bonchev–Trinajstić information content (AvgIpc) is 2.82. The maximum Gasteiger partial charge on any atom is 0.246 e. The smallest absolute Gasteiger partial charge is 0.246 e. The third-order valence-corrected chi connectivity index (χ3v) is 5.91. The standard InChI is InChI=1S/C30H34FNO/c1-4-5-6-8-23-10-14-25(15-11-23)27-18-19-28(29(31)21-27)26-16-12-24(13-17-26)9-7-20-32-30(33)22(2)3/h10-19,21H,2,4-9,20H2,1,3H3,(H,32,33). The maximum atomic E-state index is 14.9. The van der Waals surface area contributed by atoms with E-state index in [2.05, 4.69) is 43.1 Å². The number of hydrogen-bond acceptors (Lipinski definition) is 1. The van der Waals surface area contributed by atoms with Crippen molar-refractivity contribution in [3.63, 3.8) is 0 Å². The van der Waals surface area contributed by atoms with Gasteiger partial charge in [0.15, 0.2) is 0 Å². The molecule has 0 bridgehead atoms. The van der Waals surface area contributed by atoms with Crippen molar-refractivity contribution in [2.75, 3.05) is 6.54 Å². The van der Waals surface area contributed by atoms with E-state index in [1.54, 1.807) is 13.0 Å². The van der Waals surface area contributed by atoms with Gasteiger partial charge in [0.2, 0.25) is 5.91 Å². The van der Waals surface area contributed by atoms with Gasteiger partial charge >= 0.3 is 0 Å². The molecule has 0 radical (unpaired) electrons. The zero-order valence-electron chi connectivity index (χ0n) is 19.8. The molecule has 33 heavy (non-hydrogen) atoms. The predicted molar refractivity (Wildman–Crippen MR) is 137 cm³/mol. The summed E-state index contributed by atoms with van der Waals surface area (Å²) in [7, 11) is 0. The number of hydrogen-bond donors (Lipinski definition) is 1. The molecule has 0 aliphatic rings. The SMILES string of the molecule is C=C(C)C(=O)NCCCc1ccc(-c2ccc(-c3ccc(CCCCC)cc3)cc2F)cc1. The van der Waals surface area contributed by atoms with Crippen molar-refractivity contribution in [1.82, 2.24) is 5.32 Å². The highest BCUT2D eigenvalue weighted by atomic mass is 19.1. The van der Waals surface area contributed by atoms with Gasteiger partial charge in [-0.05, 0) is 66.5 Å². The molecule has 172 valence electrons. The predicted octanol–water partition coefficient (Wildman–Crippen LogP) is 7.52. The number of carbonyl (C=O) groups excluding carboxylic acids is 1. The molecule has 0 aliphatic heterocycles. The number of carbonyl (C=O) groups is 1. The van der Waals surface area contributed by atoms with Gasteiger partial charge in [0.05, 0.1) is 0 Å². The fraction of sp³-hybridized carbons (Fsp3) is 0.300. The van der Waals surface area contributed by atoms with E-state index in [1.807, 2.05) is 36.4 Å². The number of aryl methyl sites for hydroxylation is 2. The highest BCUT2D eigenvalue weighted by Gasteiger charge is 2.08. The topological polar surface area (TPSA) is 29.1 Å². The van der Waals surface area contributed by atoms with E-state index in [9.17, 15) is 9.18 Å². The Balaban J connectivity index is 1.60. The first-order valence-corrected chi connectivity index (χ1v) is 11.9. The molecule has 3 heteroatoms. The Bertz CT molecular complexity index is 1070. The summed E-state index contributed by atoms with van der Waals surface area (Å²) < 4.78 is 14.9. The highest BCUT2D eigenvalue weighted by molar-refractivity contribution is 5.92. The van der Waals surface area contributed by atoms with Gasteiger partial charge < -0.3 is 5.32 Å². The van der Waals surface area contributed by atoms with E-state index in [4.69, 9.17) is 0 Å². The quantitative estimate of drug-likeness (QED) is 0.241. The molecule has 0 atom stereocenters. The number of unbranched alkanes of at least 4 members (excludes halogenated alkanes) is 2. The molecule has 0 spiro atoms. The van der Waals surface area contributed by atoms with Gasteiger partial charge in [-0.1, -0.05) is 87.0 Å². The summed E-state index contributed by atoms with van der Waals surface area (Å²) in [5.41, 5.74) is 6.42. The minimum absolute atomic E-state index is 0.104. The Morgan fingerprint density at radius 1 is 0.818 bits per heavy atom. The summed E-state index contributed by atoms with van der Waals surface area (Å²) in [5, 5.41) is 2.84. The van der Waals surface area contributed by atoms with Gasteiger partial charge in [0, 0.05) is 17.7 Å². The highest BCUT2D eigenvalue weighted by Crippen LogP contribution is 2.28. The van der Waals surface area contributed by atoms with Crippen LogP contribution in [0.1, 0.15) is 50.7 Å². The molecule has 2 nitrogen and oxygen atoms in total. The van der Waals surface area contributed by atoms with Crippen LogP contribution in [0.3, 0.4) is 0 Å². The zero-order valence-corrected chi connectivity index (χ0v) is 19.8. The van der Waals surface area contributed by atoms with Crippen LogP contribution in [-0.4, -0.2) is 12.5 Å². The van der Waals surface area contributed by atoms with Crippen molar-refractivity contribution >= 4 is 5.91 Å². The molecule has 0 aliphatic carbocycles. The monoisotopic (exact) mass is 443 g/mol. The van der Waals surface area contributed by atoms with E-state index in [0.29, 0.717) is 17.7 Å². The summed E-state index contributed by atoms with van der Waals surface area (Å²) in [5.74, 6) is -0.318. The molecule has 1 N–H and O–H groups in total. The van der Waals surface area contributed by atoms with Crippen LogP contribution < -0.4 is 5.32 Å². The number of rotatable bonds is 11. The maximum absolute atomic E-state index is 14.9. The molecule has 0 fully saturated rings. The normalized spacial score (nSPS) is 10.8. The minimum atomic E-state index is -0.213. The van der Waals surface area contributed by atoms with E-state index < -0.39 is 0 Å². The summed E-state index contributed by atoms with van der Waals surface area (Å²) in [4.78, 5) is 11.5.